The smallest absolute Gasteiger partial charge is 0.399 e. The molecule has 1 amide bonds. The molecule has 0 bridgehead atoms. The van der Waals surface area contributed by atoms with Crippen LogP contribution in [0.1, 0.15) is 34.5 Å². The number of nitrogens with one attached hydrogen (secondary N) is 3. The van der Waals surface area contributed by atoms with Crippen molar-refractivity contribution < 1.29 is 18.0 Å². The minimum Gasteiger partial charge on any atom is -0.399 e. The number of alkyl halides is 3. The molecule has 0 radical (unpaired) electrons. The lowest BCUT2D eigenvalue weighted by Gasteiger charge is -2.17. The van der Waals surface area contributed by atoms with E-state index in [2.05, 4.69) is 10.6 Å². The van der Waals surface area contributed by atoms with E-state index in [1.807, 2.05) is 0 Å². The van der Waals surface area contributed by atoms with E-state index in [1.165, 1.54) is 31.5 Å². The molecule has 0 saturated carbocycles. The number of benzene rings is 1. The van der Waals surface area contributed by atoms with Gasteiger partial charge in [0.25, 0.3) is 11.5 Å². The molecule has 29 heavy (non-hydrogen) atoms. The quantitative estimate of drug-likeness (QED) is 0.435. The molecular weight excluding hydrogens is 387 g/mol. The van der Waals surface area contributed by atoms with Crippen LogP contribution in [0.15, 0.2) is 47.5 Å². The summed E-state index contributed by atoms with van der Waals surface area (Å²) in [5, 5.41) is 12.7. The highest BCUT2D eigenvalue weighted by Crippen LogP contribution is 2.32. The Morgan fingerprint density at radius 3 is 2.55 bits per heavy atom. The minimum absolute atomic E-state index is 0.0719. The molecule has 1 heterocycles. The van der Waals surface area contributed by atoms with Gasteiger partial charge in [-0.05, 0) is 36.8 Å². The normalized spacial score (nSPS) is 12.9. The third kappa shape index (κ3) is 5.24. The van der Waals surface area contributed by atoms with Crippen LogP contribution in [0.4, 0.5) is 18.9 Å². The Hall–Kier alpha value is -3.56. The van der Waals surface area contributed by atoms with E-state index < -0.39 is 29.2 Å². The Morgan fingerprint density at radius 1 is 1.28 bits per heavy atom. The Kier molecular flexibility index (Phi) is 6.47. The molecule has 0 aliphatic rings. The van der Waals surface area contributed by atoms with Gasteiger partial charge in [-0.15, -0.1) is 0 Å². The molecule has 1 aromatic carbocycles. The van der Waals surface area contributed by atoms with E-state index in [1.54, 1.807) is 7.05 Å². The summed E-state index contributed by atoms with van der Waals surface area (Å²) in [7, 11) is 1.59. The van der Waals surface area contributed by atoms with Crippen LogP contribution in [0.3, 0.4) is 0 Å². The predicted molar refractivity (Wildman–Crippen MR) is 105 cm³/mol. The van der Waals surface area contributed by atoms with Gasteiger partial charge in [-0.2, -0.15) is 13.2 Å². The number of nitrogens with two attached hydrogens (primary N) is 1. The van der Waals surface area contributed by atoms with E-state index in [0.29, 0.717) is 0 Å². The summed E-state index contributed by atoms with van der Waals surface area (Å²) >= 11 is 0. The van der Waals surface area contributed by atoms with Crippen LogP contribution < -0.4 is 21.9 Å². The summed E-state index contributed by atoms with van der Waals surface area (Å²) in [5.41, 5.74) is 4.62. The fourth-order valence-electron chi connectivity index (χ4n) is 2.61. The summed E-state index contributed by atoms with van der Waals surface area (Å²) < 4.78 is 40.1. The molecule has 1 atom stereocenters. The van der Waals surface area contributed by atoms with Gasteiger partial charge < -0.3 is 21.8 Å². The molecule has 2 aromatic rings. The second-order valence-corrected chi connectivity index (χ2v) is 6.21. The zero-order valence-corrected chi connectivity index (χ0v) is 15.7. The topological polar surface area (TPSA) is 113 Å². The number of hydrogen-bond donors (Lipinski definition) is 4. The monoisotopic (exact) mass is 407 g/mol. The summed E-state index contributed by atoms with van der Waals surface area (Å²) in [4.78, 5) is 24.6. The van der Waals surface area contributed by atoms with Crippen molar-refractivity contribution in [1.82, 2.24) is 15.2 Å². The number of amides is 1. The number of anilines is 1. The SMILES string of the molecule is CN/C=C(\C=N)n1cc(C(=O)N[C@H](C)c2cc(N)cc(C(F)(F)F)c2)ccc1=O. The Morgan fingerprint density at radius 2 is 1.97 bits per heavy atom. The molecule has 0 aliphatic heterocycles. The number of nitrogens with zero attached hydrogens (tertiary/aromatic N) is 1. The number of nitrogen functional groups attached to an aromatic ring is 1. The third-order valence-corrected chi connectivity index (χ3v) is 4.04. The molecule has 0 saturated heterocycles. The van der Waals surface area contributed by atoms with Crippen LogP contribution in [0.2, 0.25) is 0 Å². The van der Waals surface area contributed by atoms with Gasteiger partial charge in [0.05, 0.1) is 22.9 Å². The van der Waals surface area contributed by atoms with Crippen LogP contribution in [0, 0.1) is 5.41 Å². The highest BCUT2D eigenvalue weighted by molar-refractivity contribution is 6.01. The van der Waals surface area contributed by atoms with Crippen LogP contribution >= 0.6 is 0 Å². The average Bonchev–Trinajstić information content (AvgIpc) is 2.65. The van der Waals surface area contributed by atoms with Crippen molar-refractivity contribution in [2.75, 3.05) is 12.8 Å². The van der Waals surface area contributed by atoms with Crippen molar-refractivity contribution >= 4 is 23.5 Å². The molecular formula is C19H20F3N5O2. The van der Waals surface area contributed by atoms with Crippen molar-refractivity contribution in [2.24, 2.45) is 0 Å². The van der Waals surface area contributed by atoms with Crippen molar-refractivity contribution in [1.29, 1.82) is 5.41 Å². The first-order chi connectivity index (χ1) is 13.6. The first-order valence-electron chi connectivity index (χ1n) is 8.46. The lowest BCUT2D eigenvalue weighted by molar-refractivity contribution is -0.137. The first kappa shape index (κ1) is 21.7. The van der Waals surface area contributed by atoms with E-state index in [9.17, 15) is 22.8 Å². The molecule has 1 aromatic heterocycles. The lowest BCUT2D eigenvalue weighted by atomic mass is 10.0. The molecule has 0 spiro atoms. The zero-order chi connectivity index (χ0) is 21.8. The highest BCUT2D eigenvalue weighted by Gasteiger charge is 2.31. The third-order valence-electron chi connectivity index (χ3n) is 4.04. The van der Waals surface area contributed by atoms with Crippen LogP contribution in [0.5, 0.6) is 0 Å². The van der Waals surface area contributed by atoms with Crippen molar-refractivity contribution in [3.63, 3.8) is 0 Å². The number of carbonyl (C=O) groups is 1. The Balaban J connectivity index is 2.31. The van der Waals surface area contributed by atoms with Crippen molar-refractivity contribution in [2.45, 2.75) is 19.1 Å². The van der Waals surface area contributed by atoms with Gasteiger partial charge in [0, 0.05) is 37.4 Å². The standard InChI is InChI=1S/C19H20F3N5O2/c1-11(13-5-14(19(20,21)22)7-15(24)6-13)26-18(29)12-3-4-17(28)27(10-12)16(8-23)9-25-2/h3-11,23,25H,24H2,1-2H3,(H,26,29)/b16-9+,23-8?/t11-/m1/s1. The number of pyridine rings is 1. The molecule has 5 N–H and O–H groups in total. The number of rotatable bonds is 6. The number of carbonyl (C=O) groups excluding carboxylic acids is 1. The molecule has 0 fully saturated rings. The maximum Gasteiger partial charge on any atom is 0.416 e. The van der Waals surface area contributed by atoms with Gasteiger partial charge in [-0.3, -0.25) is 14.2 Å². The van der Waals surface area contributed by atoms with Crippen molar-refractivity contribution in [3.05, 3.63) is 69.8 Å². The van der Waals surface area contributed by atoms with Gasteiger partial charge in [0.1, 0.15) is 0 Å². The molecule has 0 unspecified atom stereocenters. The van der Waals surface area contributed by atoms with E-state index in [0.717, 1.165) is 29.0 Å². The van der Waals surface area contributed by atoms with Gasteiger partial charge in [0.15, 0.2) is 0 Å². The van der Waals surface area contributed by atoms with Gasteiger partial charge >= 0.3 is 6.18 Å². The maximum absolute atomic E-state index is 13.0. The Bertz CT molecular complexity index is 1010. The molecule has 154 valence electrons. The predicted octanol–water partition coefficient (Wildman–Crippen LogP) is 2.61. The number of halogens is 3. The number of allylic oxidation sites excluding steroid dienone is 1. The van der Waals surface area contributed by atoms with Crippen molar-refractivity contribution in [3.8, 4) is 0 Å². The molecule has 0 aliphatic carbocycles. The molecule has 7 nitrogen and oxygen atoms in total. The lowest BCUT2D eigenvalue weighted by Crippen LogP contribution is -2.29. The van der Waals surface area contributed by atoms with Crippen LogP contribution in [0.25, 0.3) is 5.70 Å². The van der Waals surface area contributed by atoms with E-state index in [4.69, 9.17) is 11.1 Å². The molecule has 2 rings (SSSR count). The second-order valence-electron chi connectivity index (χ2n) is 6.21. The van der Waals surface area contributed by atoms with Gasteiger partial charge in [0.2, 0.25) is 0 Å². The molecule has 10 heteroatoms. The fourth-order valence-corrected chi connectivity index (χ4v) is 2.61. The first-order valence-corrected chi connectivity index (χ1v) is 8.46. The van der Waals surface area contributed by atoms with Crippen LogP contribution in [-0.2, 0) is 6.18 Å². The Labute approximate surface area is 164 Å². The largest absolute Gasteiger partial charge is 0.416 e. The zero-order valence-electron chi connectivity index (χ0n) is 15.7. The number of aromatic nitrogens is 1. The summed E-state index contributed by atoms with van der Waals surface area (Å²) in [6, 6.07) is 4.77. The van der Waals surface area contributed by atoms with Gasteiger partial charge in [-0.25, -0.2) is 0 Å². The minimum atomic E-state index is -4.56. The summed E-state index contributed by atoms with van der Waals surface area (Å²) in [5.74, 6) is -0.601. The van der Waals surface area contributed by atoms with Crippen LogP contribution in [-0.4, -0.2) is 23.7 Å². The van der Waals surface area contributed by atoms with E-state index >= 15 is 0 Å². The average molecular weight is 407 g/mol. The summed E-state index contributed by atoms with van der Waals surface area (Å²) in [6.45, 7) is 1.52. The summed E-state index contributed by atoms with van der Waals surface area (Å²) in [6.07, 6.45) is -0.969. The van der Waals surface area contributed by atoms with Gasteiger partial charge in [-0.1, -0.05) is 0 Å². The van der Waals surface area contributed by atoms with E-state index in [-0.39, 0.29) is 22.5 Å². The fraction of sp³-hybridized carbons (Fsp3) is 0.211. The maximum atomic E-state index is 13.0. The second kappa shape index (κ2) is 8.63. The number of hydrogen-bond acceptors (Lipinski definition) is 5. The highest BCUT2D eigenvalue weighted by atomic mass is 19.4.